The number of benzene rings is 1. The molecule has 1 aromatic heterocycles. The molecule has 1 saturated heterocycles. The lowest BCUT2D eigenvalue weighted by molar-refractivity contribution is -0.164. The number of methoxy groups -OCH3 is 1. The maximum atomic E-state index is 13.5. The van der Waals surface area contributed by atoms with Crippen molar-refractivity contribution in [2.24, 2.45) is 5.92 Å². The predicted molar refractivity (Wildman–Crippen MR) is 91.5 cm³/mol. The van der Waals surface area contributed by atoms with E-state index in [2.05, 4.69) is 21.2 Å². The third-order valence-corrected chi connectivity index (χ3v) is 4.40. The largest absolute Gasteiger partial charge is 0.497 e. The van der Waals surface area contributed by atoms with E-state index in [-0.39, 0.29) is 12.1 Å². The number of pyridine rings is 1. The van der Waals surface area contributed by atoms with E-state index in [0.717, 1.165) is 11.8 Å². The molecule has 3 unspecified atom stereocenters. The average molecular weight is 380 g/mol. The highest BCUT2D eigenvalue weighted by atomic mass is 19.4. The molecule has 1 fully saturated rings. The molecule has 2 aromatic rings. The number of hydrazine groups is 1. The second kappa shape index (κ2) is 7.93. The molecule has 2 heterocycles. The number of carbonyl (C=O) groups is 1. The molecule has 9 heteroatoms. The van der Waals surface area contributed by atoms with Crippen molar-refractivity contribution < 1.29 is 22.7 Å². The molecule has 0 radical (unpaired) electrons. The lowest BCUT2D eigenvalue weighted by Crippen LogP contribution is -2.43. The summed E-state index contributed by atoms with van der Waals surface area (Å²) in [6.45, 7) is 0.200. The number of rotatable bonds is 5. The number of hydrogen-bond acceptors (Lipinski definition) is 5. The molecule has 0 bridgehead atoms. The Morgan fingerprint density at radius 1 is 1.33 bits per heavy atom. The van der Waals surface area contributed by atoms with Gasteiger partial charge in [0, 0.05) is 24.5 Å². The molecule has 27 heavy (non-hydrogen) atoms. The predicted octanol–water partition coefficient (Wildman–Crippen LogP) is 2.28. The number of aromatic nitrogens is 1. The lowest BCUT2D eigenvalue weighted by Gasteiger charge is -2.25. The maximum Gasteiger partial charge on any atom is 0.412 e. The summed E-state index contributed by atoms with van der Waals surface area (Å²) in [7, 11) is 1.52. The van der Waals surface area contributed by atoms with Gasteiger partial charge in [-0.15, -0.1) is 0 Å². The number of ether oxygens (including phenoxy) is 1. The van der Waals surface area contributed by atoms with Crippen LogP contribution in [0, 0.1) is 5.92 Å². The Labute approximate surface area is 154 Å². The van der Waals surface area contributed by atoms with Crippen LogP contribution in [0.15, 0.2) is 48.8 Å². The van der Waals surface area contributed by atoms with Gasteiger partial charge in [-0.1, -0.05) is 18.2 Å². The van der Waals surface area contributed by atoms with Gasteiger partial charge < -0.3 is 10.1 Å². The molecule has 144 valence electrons. The summed E-state index contributed by atoms with van der Waals surface area (Å²) in [5.74, 6) is -0.825. The maximum absolute atomic E-state index is 13.5. The molecule has 1 aromatic carbocycles. The van der Waals surface area contributed by atoms with E-state index in [4.69, 9.17) is 4.74 Å². The van der Waals surface area contributed by atoms with Crippen LogP contribution in [0.1, 0.15) is 23.2 Å². The first-order chi connectivity index (χ1) is 12.9. The van der Waals surface area contributed by atoms with Crippen molar-refractivity contribution in [3.05, 3.63) is 59.9 Å². The van der Waals surface area contributed by atoms with Crippen LogP contribution in [-0.4, -0.2) is 30.7 Å². The first-order valence-electron chi connectivity index (χ1n) is 8.29. The van der Waals surface area contributed by atoms with Gasteiger partial charge in [0.2, 0.25) is 5.91 Å². The van der Waals surface area contributed by atoms with Crippen LogP contribution in [0.3, 0.4) is 0 Å². The van der Waals surface area contributed by atoms with Crippen LogP contribution in [0.25, 0.3) is 0 Å². The summed E-state index contributed by atoms with van der Waals surface area (Å²) >= 11 is 0. The van der Waals surface area contributed by atoms with Crippen LogP contribution in [0.4, 0.5) is 13.2 Å². The molecule has 0 saturated carbocycles. The number of hydrogen-bond donors (Lipinski definition) is 3. The summed E-state index contributed by atoms with van der Waals surface area (Å²) in [4.78, 5) is 16.4. The number of alkyl halides is 3. The molecule has 0 spiro atoms. The Balaban J connectivity index is 1.81. The average Bonchev–Trinajstić information content (AvgIpc) is 3.16. The number of nitrogens with zero attached hydrogens (tertiary/aromatic N) is 1. The van der Waals surface area contributed by atoms with Gasteiger partial charge in [-0.05, 0) is 23.8 Å². The van der Waals surface area contributed by atoms with Crippen molar-refractivity contribution in [3.8, 4) is 5.75 Å². The van der Waals surface area contributed by atoms with Gasteiger partial charge in [0.25, 0.3) is 0 Å². The normalized spacial score (nSPS) is 20.9. The molecule has 1 amide bonds. The molecule has 1 aliphatic heterocycles. The Kier molecular flexibility index (Phi) is 5.62. The minimum atomic E-state index is -4.64. The second-order valence-corrected chi connectivity index (χ2v) is 6.16. The smallest absolute Gasteiger partial charge is 0.412 e. The fourth-order valence-electron chi connectivity index (χ4n) is 3.04. The molecule has 0 aliphatic carbocycles. The highest BCUT2D eigenvalue weighted by Gasteiger charge is 2.44. The molecular weight excluding hydrogens is 361 g/mol. The van der Waals surface area contributed by atoms with Gasteiger partial charge in [0.1, 0.15) is 5.75 Å². The number of carbonyl (C=O) groups excluding carboxylic acids is 1. The standard InChI is InChI=1S/C18H19F3N4O2/c1-27-13-6-2-4-11(8-13)15-14(10-23-25-15)17(26)24-16(18(19,20)21)12-5-3-7-22-9-12/h2-9,14-16,23,25H,10H2,1H3,(H,24,26). The van der Waals surface area contributed by atoms with Crippen LogP contribution in [0.2, 0.25) is 0 Å². The van der Waals surface area contributed by atoms with Crippen LogP contribution in [0.5, 0.6) is 5.75 Å². The Morgan fingerprint density at radius 2 is 2.15 bits per heavy atom. The van der Waals surface area contributed by atoms with Crippen LogP contribution >= 0.6 is 0 Å². The highest BCUT2D eigenvalue weighted by molar-refractivity contribution is 5.81. The monoisotopic (exact) mass is 380 g/mol. The highest BCUT2D eigenvalue weighted by Crippen LogP contribution is 2.34. The molecule has 1 aliphatic rings. The zero-order valence-electron chi connectivity index (χ0n) is 14.5. The van der Waals surface area contributed by atoms with Gasteiger partial charge in [-0.2, -0.15) is 13.2 Å². The van der Waals surface area contributed by atoms with E-state index in [0.29, 0.717) is 5.75 Å². The SMILES string of the molecule is COc1cccc(C2NNCC2C(=O)NC(c2cccnc2)C(F)(F)F)c1. The van der Waals surface area contributed by atoms with Crippen LogP contribution in [-0.2, 0) is 4.79 Å². The van der Waals surface area contributed by atoms with E-state index in [1.807, 2.05) is 0 Å². The van der Waals surface area contributed by atoms with Crippen molar-refractivity contribution in [2.45, 2.75) is 18.3 Å². The molecule has 6 nitrogen and oxygen atoms in total. The Bertz CT molecular complexity index is 786. The summed E-state index contributed by atoms with van der Waals surface area (Å²) in [5, 5.41) is 2.13. The van der Waals surface area contributed by atoms with Gasteiger partial charge >= 0.3 is 6.18 Å². The summed E-state index contributed by atoms with van der Waals surface area (Å²) in [6.07, 6.45) is -2.16. The number of halogens is 3. The van der Waals surface area contributed by atoms with Gasteiger partial charge in [0.05, 0.1) is 19.1 Å². The van der Waals surface area contributed by atoms with Gasteiger partial charge in [-0.25, -0.2) is 5.43 Å². The van der Waals surface area contributed by atoms with Crippen molar-refractivity contribution >= 4 is 5.91 Å². The fourth-order valence-corrected chi connectivity index (χ4v) is 3.04. The number of nitrogens with one attached hydrogen (secondary N) is 3. The third-order valence-electron chi connectivity index (χ3n) is 4.40. The van der Waals surface area contributed by atoms with E-state index >= 15 is 0 Å². The van der Waals surface area contributed by atoms with Crippen LogP contribution < -0.4 is 20.9 Å². The van der Waals surface area contributed by atoms with Crippen molar-refractivity contribution in [1.29, 1.82) is 0 Å². The summed E-state index contributed by atoms with van der Waals surface area (Å²) < 4.78 is 45.6. The number of amides is 1. The Hall–Kier alpha value is -2.65. The van der Waals surface area contributed by atoms with Gasteiger partial charge in [-0.3, -0.25) is 15.2 Å². The van der Waals surface area contributed by atoms with E-state index < -0.39 is 30.1 Å². The lowest BCUT2D eigenvalue weighted by atomic mass is 9.93. The van der Waals surface area contributed by atoms with E-state index in [1.165, 1.54) is 25.4 Å². The molecule has 3 rings (SSSR count). The molecular formula is C18H19F3N4O2. The van der Waals surface area contributed by atoms with E-state index in [9.17, 15) is 18.0 Å². The summed E-state index contributed by atoms with van der Waals surface area (Å²) in [5.41, 5.74) is 6.42. The van der Waals surface area contributed by atoms with Crippen molar-refractivity contribution in [3.63, 3.8) is 0 Å². The zero-order chi connectivity index (χ0) is 19.4. The Morgan fingerprint density at radius 3 is 2.81 bits per heavy atom. The second-order valence-electron chi connectivity index (χ2n) is 6.16. The zero-order valence-corrected chi connectivity index (χ0v) is 14.5. The third kappa shape index (κ3) is 4.37. The minimum Gasteiger partial charge on any atom is -0.497 e. The summed E-state index contributed by atoms with van der Waals surface area (Å²) in [6, 6.07) is 7.13. The molecule has 3 atom stereocenters. The minimum absolute atomic E-state index is 0.116. The topological polar surface area (TPSA) is 75.3 Å². The quantitative estimate of drug-likeness (QED) is 0.742. The van der Waals surface area contributed by atoms with Gasteiger partial charge in [0.15, 0.2) is 6.04 Å². The first-order valence-corrected chi connectivity index (χ1v) is 8.29. The molecule has 3 N–H and O–H groups in total. The van der Waals surface area contributed by atoms with Crippen molar-refractivity contribution in [1.82, 2.24) is 21.2 Å². The first kappa shape index (κ1) is 19.1. The van der Waals surface area contributed by atoms with E-state index in [1.54, 1.807) is 24.3 Å². The fraction of sp³-hybridized carbons (Fsp3) is 0.333. The van der Waals surface area contributed by atoms with Crippen molar-refractivity contribution in [2.75, 3.05) is 13.7 Å².